The summed E-state index contributed by atoms with van der Waals surface area (Å²) in [7, 11) is 1.26. The molecule has 0 unspecified atom stereocenters. The molecule has 154 valence electrons. The average Bonchev–Trinajstić information content (AvgIpc) is 2.73. The van der Waals surface area contributed by atoms with Crippen molar-refractivity contribution in [1.29, 1.82) is 0 Å². The Morgan fingerprint density at radius 1 is 1.00 bits per heavy atom. The number of nitrogens with one attached hydrogen (secondary N) is 3. The van der Waals surface area contributed by atoms with Crippen LogP contribution < -0.4 is 16.0 Å². The molecule has 0 aliphatic rings. The molecule has 0 saturated heterocycles. The maximum Gasteiger partial charge on any atom is 0.325 e. The van der Waals surface area contributed by atoms with E-state index >= 15 is 0 Å². The smallest absolute Gasteiger partial charge is 0.325 e. The van der Waals surface area contributed by atoms with Crippen molar-refractivity contribution in [2.45, 2.75) is 32.2 Å². The summed E-state index contributed by atoms with van der Waals surface area (Å²) in [6, 6.07) is 16.5. The lowest BCUT2D eigenvalue weighted by Gasteiger charge is -2.30. The van der Waals surface area contributed by atoms with Crippen LogP contribution in [0.25, 0.3) is 0 Å². The summed E-state index contributed by atoms with van der Waals surface area (Å²) >= 11 is 0. The van der Waals surface area contributed by atoms with Gasteiger partial charge in [0.15, 0.2) is 0 Å². The maximum absolute atomic E-state index is 12.5. The van der Waals surface area contributed by atoms with Gasteiger partial charge in [0, 0.05) is 5.69 Å². The van der Waals surface area contributed by atoms with Crippen molar-refractivity contribution in [3.63, 3.8) is 0 Å². The highest BCUT2D eigenvalue weighted by molar-refractivity contribution is 5.90. The fourth-order valence-corrected chi connectivity index (χ4v) is 2.78. The molecule has 2 aromatic rings. The molecule has 0 saturated carbocycles. The molecule has 2 aromatic carbocycles. The number of ether oxygens (including phenoxy) is 1. The highest BCUT2D eigenvalue weighted by atomic mass is 16.5. The topological polar surface area (TPSA) is 96.5 Å². The van der Waals surface area contributed by atoms with Crippen molar-refractivity contribution in [1.82, 2.24) is 10.6 Å². The average molecular weight is 397 g/mol. The van der Waals surface area contributed by atoms with Gasteiger partial charge in [-0.15, -0.1) is 0 Å². The number of urea groups is 1. The minimum atomic E-state index is -0.501. The van der Waals surface area contributed by atoms with E-state index in [9.17, 15) is 14.4 Å². The summed E-state index contributed by atoms with van der Waals surface area (Å²) in [4.78, 5) is 35.3. The van der Waals surface area contributed by atoms with Gasteiger partial charge in [-0.2, -0.15) is 0 Å². The van der Waals surface area contributed by atoms with Gasteiger partial charge < -0.3 is 20.7 Å². The summed E-state index contributed by atoms with van der Waals surface area (Å²) in [6.45, 7) is 3.85. The lowest BCUT2D eigenvalue weighted by atomic mass is 9.89. The molecule has 1 atom stereocenters. The van der Waals surface area contributed by atoms with E-state index in [0.717, 1.165) is 17.5 Å². The van der Waals surface area contributed by atoms with Crippen LogP contribution in [0.5, 0.6) is 0 Å². The molecule has 0 bridgehead atoms. The largest absolute Gasteiger partial charge is 0.468 e. The fraction of sp³-hybridized carbons (Fsp3) is 0.318. The second-order valence-electron chi connectivity index (χ2n) is 6.86. The van der Waals surface area contributed by atoms with Crippen molar-refractivity contribution >= 4 is 23.6 Å². The van der Waals surface area contributed by atoms with E-state index in [0.29, 0.717) is 5.69 Å². The Hall–Kier alpha value is -3.35. The van der Waals surface area contributed by atoms with Crippen molar-refractivity contribution < 1.29 is 19.1 Å². The van der Waals surface area contributed by atoms with Crippen LogP contribution in [-0.2, 0) is 26.3 Å². The van der Waals surface area contributed by atoms with Gasteiger partial charge >= 0.3 is 12.0 Å². The Labute approximate surface area is 170 Å². The van der Waals surface area contributed by atoms with Crippen molar-refractivity contribution in [2.75, 3.05) is 19.0 Å². The minimum Gasteiger partial charge on any atom is -0.468 e. The van der Waals surface area contributed by atoms with Crippen LogP contribution in [0.15, 0.2) is 54.6 Å². The molecule has 0 aliphatic heterocycles. The number of carbonyl (C=O) groups excluding carboxylic acids is 3. The van der Waals surface area contributed by atoms with Crippen LogP contribution in [0.2, 0.25) is 0 Å². The highest BCUT2D eigenvalue weighted by Gasteiger charge is 2.26. The number of rotatable bonds is 8. The predicted octanol–water partition coefficient (Wildman–Crippen LogP) is 2.97. The zero-order chi connectivity index (χ0) is 21.3. The highest BCUT2D eigenvalue weighted by Crippen LogP contribution is 2.24. The second-order valence-corrected chi connectivity index (χ2v) is 6.86. The Morgan fingerprint density at radius 2 is 1.66 bits per heavy atom. The van der Waals surface area contributed by atoms with E-state index in [2.05, 4.69) is 20.7 Å². The molecule has 0 aromatic heterocycles. The lowest BCUT2D eigenvalue weighted by Crippen LogP contribution is -2.45. The summed E-state index contributed by atoms with van der Waals surface area (Å²) in [5.74, 6) is -0.783. The van der Waals surface area contributed by atoms with E-state index in [1.54, 1.807) is 24.3 Å². The fourth-order valence-electron chi connectivity index (χ4n) is 2.78. The van der Waals surface area contributed by atoms with Gasteiger partial charge in [0.2, 0.25) is 5.91 Å². The third-order valence-electron chi connectivity index (χ3n) is 4.74. The second kappa shape index (κ2) is 10.3. The van der Waals surface area contributed by atoms with Gasteiger partial charge in [0.25, 0.3) is 0 Å². The molecule has 0 aliphatic carbocycles. The van der Waals surface area contributed by atoms with Crippen molar-refractivity contribution in [3.05, 3.63) is 65.7 Å². The third-order valence-corrected chi connectivity index (χ3v) is 4.74. The van der Waals surface area contributed by atoms with Crippen LogP contribution in [0, 0.1) is 0 Å². The normalized spacial score (nSPS) is 12.4. The van der Waals surface area contributed by atoms with Crippen molar-refractivity contribution in [3.8, 4) is 0 Å². The molecule has 0 radical (unpaired) electrons. The van der Waals surface area contributed by atoms with Crippen LogP contribution in [-0.4, -0.2) is 31.6 Å². The van der Waals surface area contributed by atoms with E-state index in [1.165, 1.54) is 7.11 Å². The van der Waals surface area contributed by atoms with Crippen LogP contribution in [0.4, 0.5) is 10.5 Å². The summed E-state index contributed by atoms with van der Waals surface area (Å²) < 4.78 is 4.47. The molecule has 3 N–H and O–H groups in total. The maximum atomic E-state index is 12.5. The number of anilines is 1. The summed E-state index contributed by atoms with van der Waals surface area (Å²) in [5, 5.41) is 8.33. The van der Waals surface area contributed by atoms with Gasteiger partial charge in [-0.1, -0.05) is 49.4 Å². The molecular weight excluding hydrogens is 370 g/mol. The molecule has 0 spiro atoms. The van der Waals surface area contributed by atoms with Crippen LogP contribution in [0.1, 0.15) is 31.4 Å². The first-order chi connectivity index (χ1) is 13.9. The lowest BCUT2D eigenvalue weighted by molar-refractivity contribution is -0.141. The Bertz CT molecular complexity index is 837. The zero-order valence-corrected chi connectivity index (χ0v) is 17.0. The molecule has 7 heteroatoms. The predicted molar refractivity (Wildman–Crippen MR) is 111 cm³/mol. The van der Waals surface area contributed by atoms with Gasteiger partial charge in [0.05, 0.1) is 19.1 Å². The van der Waals surface area contributed by atoms with Crippen LogP contribution in [0.3, 0.4) is 0 Å². The Morgan fingerprint density at radius 3 is 2.24 bits per heavy atom. The number of benzene rings is 2. The number of carbonyl (C=O) groups is 3. The molecule has 0 heterocycles. The SMILES string of the molecule is CC[C@](C)(NC(=O)Nc1ccc(CC(=O)NCC(=O)OC)cc1)c1ccccc1. The number of methoxy groups -OCH3 is 1. The number of hydrogen-bond acceptors (Lipinski definition) is 4. The molecule has 2 rings (SSSR count). The van der Waals surface area contributed by atoms with Gasteiger partial charge in [-0.25, -0.2) is 4.79 Å². The third kappa shape index (κ3) is 6.64. The summed E-state index contributed by atoms with van der Waals surface area (Å²) in [6.07, 6.45) is 0.870. The van der Waals surface area contributed by atoms with Gasteiger partial charge in [-0.3, -0.25) is 9.59 Å². The van der Waals surface area contributed by atoms with Gasteiger partial charge in [0.1, 0.15) is 6.54 Å². The number of hydrogen-bond donors (Lipinski definition) is 3. The van der Waals surface area contributed by atoms with E-state index in [1.807, 2.05) is 44.2 Å². The Balaban J connectivity index is 1.91. The minimum absolute atomic E-state index is 0.130. The zero-order valence-electron chi connectivity index (χ0n) is 17.0. The molecular formula is C22H27N3O4. The quantitative estimate of drug-likeness (QED) is 0.597. The first-order valence-corrected chi connectivity index (χ1v) is 9.43. The monoisotopic (exact) mass is 397 g/mol. The summed E-state index contributed by atoms with van der Waals surface area (Å²) in [5.41, 5.74) is 1.93. The first-order valence-electron chi connectivity index (χ1n) is 9.43. The first kappa shape index (κ1) is 21.9. The molecule has 7 nitrogen and oxygen atoms in total. The van der Waals surface area contributed by atoms with Gasteiger partial charge in [-0.05, 0) is 36.6 Å². The van der Waals surface area contributed by atoms with Crippen molar-refractivity contribution in [2.24, 2.45) is 0 Å². The molecule has 3 amide bonds. The molecule has 0 fully saturated rings. The number of amides is 3. The van der Waals surface area contributed by atoms with E-state index in [-0.39, 0.29) is 24.9 Å². The van der Waals surface area contributed by atoms with E-state index < -0.39 is 11.5 Å². The number of esters is 1. The molecule has 29 heavy (non-hydrogen) atoms. The Kier molecular flexibility index (Phi) is 7.77. The van der Waals surface area contributed by atoms with E-state index in [4.69, 9.17) is 0 Å². The standard InChI is InChI=1S/C22H27N3O4/c1-4-22(2,17-8-6-5-7-9-17)25-21(28)24-18-12-10-16(11-13-18)14-19(26)23-15-20(27)29-3/h5-13H,4,14-15H2,1-3H3,(H,23,26)(H2,24,25,28)/t22-/m0/s1. The van der Waals surface area contributed by atoms with Crippen LogP contribution >= 0.6 is 0 Å².